The normalized spacial score (nSPS) is 11.7. The molecule has 0 spiro atoms. The van der Waals surface area contributed by atoms with Gasteiger partial charge in [0.05, 0.1) is 16.6 Å². The number of rotatable bonds is 2. The van der Waals surface area contributed by atoms with Gasteiger partial charge >= 0.3 is 0 Å². The van der Waals surface area contributed by atoms with Crippen molar-refractivity contribution in [3.8, 4) is 16.8 Å². The number of benzene rings is 5. The van der Waals surface area contributed by atoms with Crippen molar-refractivity contribution in [2.75, 3.05) is 0 Å². The Morgan fingerprint density at radius 2 is 1.29 bits per heavy atom. The first kappa shape index (κ1) is 19.1. The van der Waals surface area contributed by atoms with Gasteiger partial charge in [0.25, 0.3) is 0 Å². The maximum Gasteiger partial charge on any atom is 0.0790 e. The third-order valence-corrected chi connectivity index (χ3v) is 6.82. The average Bonchev–Trinajstić information content (AvgIpc) is 3.21. The highest BCUT2D eigenvalue weighted by atomic mass is 15.0. The monoisotopic (exact) mass is 434 g/mol. The van der Waals surface area contributed by atoms with Gasteiger partial charge in [-0.3, -0.25) is 4.98 Å². The molecule has 0 saturated carbocycles. The lowest BCUT2D eigenvalue weighted by molar-refractivity contribution is 1.18. The number of para-hydroxylation sites is 2. The Morgan fingerprint density at radius 1 is 0.559 bits per heavy atom. The minimum absolute atomic E-state index is 1.03. The smallest absolute Gasteiger partial charge is 0.0790 e. The molecule has 0 bridgehead atoms. The van der Waals surface area contributed by atoms with Crippen molar-refractivity contribution in [3.63, 3.8) is 0 Å². The summed E-state index contributed by atoms with van der Waals surface area (Å²) in [5, 5.41) is 6.12. The fourth-order valence-electron chi connectivity index (χ4n) is 5.28. The molecule has 0 N–H and O–H groups in total. The second-order valence-corrected chi connectivity index (χ2v) is 8.92. The fourth-order valence-corrected chi connectivity index (χ4v) is 5.28. The molecule has 2 heteroatoms. The molecule has 7 rings (SSSR count). The summed E-state index contributed by atoms with van der Waals surface area (Å²) >= 11 is 0. The highest BCUT2D eigenvalue weighted by Crippen LogP contribution is 2.39. The molecule has 2 aromatic heterocycles. The zero-order valence-electron chi connectivity index (χ0n) is 18.9. The standard InChI is InChI=1S/C32H22N2/c1-21-16-17-26-27(22-10-4-2-5-11-22)18-23-19-29-25-14-8-9-15-30(25)34(24-12-6-3-7-13-24)31(29)20-28(23)32(26)33-21/h2-20H,1H3. The number of aryl methyl sites for hydroxylation is 1. The van der Waals surface area contributed by atoms with Crippen molar-refractivity contribution >= 4 is 43.5 Å². The fraction of sp³-hybridized carbons (Fsp3) is 0.0312. The van der Waals surface area contributed by atoms with E-state index >= 15 is 0 Å². The first-order chi connectivity index (χ1) is 16.8. The van der Waals surface area contributed by atoms with E-state index in [0.717, 1.165) is 11.2 Å². The molecule has 34 heavy (non-hydrogen) atoms. The topological polar surface area (TPSA) is 17.8 Å². The lowest BCUT2D eigenvalue weighted by atomic mass is 9.94. The summed E-state index contributed by atoms with van der Waals surface area (Å²) in [5.74, 6) is 0. The molecule has 0 aliphatic rings. The van der Waals surface area contributed by atoms with Crippen LogP contribution in [0.4, 0.5) is 0 Å². The Hall–Kier alpha value is -4.43. The molecule has 0 unspecified atom stereocenters. The van der Waals surface area contributed by atoms with E-state index in [1.807, 2.05) is 0 Å². The molecular weight excluding hydrogens is 412 g/mol. The summed E-state index contributed by atoms with van der Waals surface area (Å²) in [7, 11) is 0. The molecule has 0 fully saturated rings. The van der Waals surface area contributed by atoms with E-state index in [4.69, 9.17) is 4.98 Å². The van der Waals surface area contributed by atoms with Crippen molar-refractivity contribution in [1.29, 1.82) is 0 Å². The van der Waals surface area contributed by atoms with Gasteiger partial charge in [0.1, 0.15) is 0 Å². The number of fused-ring (bicyclic) bond motifs is 6. The van der Waals surface area contributed by atoms with Crippen LogP contribution in [0, 0.1) is 6.92 Å². The quantitative estimate of drug-likeness (QED) is 0.250. The Labute approximate surface area is 197 Å². The predicted molar refractivity (Wildman–Crippen MR) is 144 cm³/mol. The molecule has 0 aliphatic heterocycles. The number of hydrogen-bond donors (Lipinski definition) is 0. The molecule has 160 valence electrons. The molecule has 2 heterocycles. The van der Waals surface area contributed by atoms with E-state index in [-0.39, 0.29) is 0 Å². The van der Waals surface area contributed by atoms with Crippen molar-refractivity contribution in [3.05, 3.63) is 121 Å². The number of hydrogen-bond acceptors (Lipinski definition) is 1. The summed E-state index contributed by atoms with van der Waals surface area (Å²) in [5.41, 5.74) is 8.12. The largest absolute Gasteiger partial charge is 0.309 e. The lowest BCUT2D eigenvalue weighted by Gasteiger charge is -2.13. The van der Waals surface area contributed by atoms with Gasteiger partial charge in [0, 0.05) is 32.9 Å². The molecule has 0 radical (unpaired) electrons. The van der Waals surface area contributed by atoms with Crippen LogP contribution in [0.15, 0.2) is 115 Å². The average molecular weight is 435 g/mol. The van der Waals surface area contributed by atoms with E-state index in [1.54, 1.807) is 0 Å². The Morgan fingerprint density at radius 3 is 2.12 bits per heavy atom. The first-order valence-corrected chi connectivity index (χ1v) is 11.7. The molecular formula is C32H22N2. The highest BCUT2D eigenvalue weighted by Gasteiger charge is 2.16. The maximum atomic E-state index is 5.04. The van der Waals surface area contributed by atoms with E-state index in [2.05, 4.69) is 127 Å². The summed E-state index contributed by atoms with van der Waals surface area (Å²) in [6.07, 6.45) is 0. The van der Waals surface area contributed by atoms with Crippen LogP contribution in [0.3, 0.4) is 0 Å². The van der Waals surface area contributed by atoms with Crippen LogP contribution in [0.1, 0.15) is 5.69 Å². The van der Waals surface area contributed by atoms with Crippen molar-refractivity contribution in [2.45, 2.75) is 6.92 Å². The Balaban J connectivity index is 1.68. The molecule has 5 aromatic carbocycles. The molecule has 0 amide bonds. The SMILES string of the molecule is Cc1ccc2c(-c3ccccc3)cc3cc4c5ccccc5n(-c5ccccc5)c4cc3c2n1. The van der Waals surface area contributed by atoms with E-state index in [1.165, 1.54) is 54.8 Å². The van der Waals surface area contributed by atoms with Crippen LogP contribution in [0.25, 0.3) is 60.3 Å². The third-order valence-electron chi connectivity index (χ3n) is 6.82. The van der Waals surface area contributed by atoms with E-state index < -0.39 is 0 Å². The maximum absolute atomic E-state index is 5.04. The third kappa shape index (κ3) is 2.79. The number of aromatic nitrogens is 2. The highest BCUT2D eigenvalue weighted by molar-refractivity contribution is 6.19. The number of nitrogens with zero attached hydrogens (tertiary/aromatic N) is 2. The summed E-state index contributed by atoms with van der Waals surface area (Å²) in [4.78, 5) is 5.04. The van der Waals surface area contributed by atoms with Crippen LogP contribution in [0.2, 0.25) is 0 Å². The van der Waals surface area contributed by atoms with Crippen LogP contribution >= 0.6 is 0 Å². The van der Waals surface area contributed by atoms with Crippen molar-refractivity contribution in [2.24, 2.45) is 0 Å². The number of pyridine rings is 1. The van der Waals surface area contributed by atoms with Crippen LogP contribution in [0.5, 0.6) is 0 Å². The van der Waals surface area contributed by atoms with Crippen LogP contribution in [-0.4, -0.2) is 9.55 Å². The zero-order valence-corrected chi connectivity index (χ0v) is 18.9. The Bertz CT molecular complexity index is 1850. The van der Waals surface area contributed by atoms with Crippen LogP contribution in [-0.2, 0) is 0 Å². The van der Waals surface area contributed by atoms with Gasteiger partial charge in [0.2, 0.25) is 0 Å². The molecule has 2 nitrogen and oxygen atoms in total. The van der Waals surface area contributed by atoms with Crippen molar-refractivity contribution in [1.82, 2.24) is 9.55 Å². The van der Waals surface area contributed by atoms with Gasteiger partial charge in [-0.1, -0.05) is 72.8 Å². The summed E-state index contributed by atoms with van der Waals surface area (Å²) < 4.78 is 2.37. The lowest BCUT2D eigenvalue weighted by Crippen LogP contribution is -1.94. The first-order valence-electron chi connectivity index (χ1n) is 11.7. The summed E-state index contributed by atoms with van der Waals surface area (Å²) in [6.45, 7) is 2.07. The van der Waals surface area contributed by atoms with Gasteiger partial charge in [-0.05, 0) is 65.9 Å². The van der Waals surface area contributed by atoms with Gasteiger partial charge in [-0.15, -0.1) is 0 Å². The zero-order chi connectivity index (χ0) is 22.6. The van der Waals surface area contributed by atoms with Gasteiger partial charge < -0.3 is 4.57 Å². The van der Waals surface area contributed by atoms with Crippen molar-refractivity contribution < 1.29 is 0 Å². The Kier molecular flexibility index (Phi) is 4.09. The van der Waals surface area contributed by atoms with Gasteiger partial charge in [-0.25, -0.2) is 0 Å². The molecule has 0 atom stereocenters. The minimum Gasteiger partial charge on any atom is -0.309 e. The molecule has 0 saturated heterocycles. The second kappa shape index (κ2) is 7.29. The molecule has 7 aromatic rings. The predicted octanol–water partition coefficient (Wildman–Crippen LogP) is 8.46. The van der Waals surface area contributed by atoms with E-state index in [0.29, 0.717) is 0 Å². The second-order valence-electron chi connectivity index (χ2n) is 8.92. The summed E-state index contributed by atoms with van der Waals surface area (Å²) in [6, 6.07) is 41.3. The van der Waals surface area contributed by atoms with Crippen LogP contribution < -0.4 is 0 Å². The minimum atomic E-state index is 1.03. The van der Waals surface area contributed by atoms with E-state index in [9.17, 15) is 0 Å². The van der Waals surface area contributed by atoms with Gasteiger partial charge in [0.15, 0.2) is 0 Å². The molecule has 0 aliphatic carbocycles. The van der Waals surface area contributed by atoms with Gasteiger partial charge in [-0.2, -0.15) is 0 Å².